The largest absolute Gasteiger partial charge is 0.395 e. The SMILES string of the molecule is Cc1ccc(C2=C(N3CCN(CCO)CC3)C(=O)N(C)C2=O)cc1. The maximum Gasteiger partial charge on any atom is 0.277 e. The summed E-state index contributed by atoms with van der Waals surface area (Å²) in [6.07, 6.45) is 0. The monoisotopic (exact) mass is 329 g/mol. The van der Waals surface area contributed by atoms with E-state index in [1.807, 2.05) is 36.1 Å². The lowest BCUT2D eigenvalue weighted by atomic mass is 10.0. The molecule has 1 saturated heterocycles. The highest BCUT2D eigenvalue weighted by Crippen LogP contribution is 2.31. The number of imide groups is 1. The quantitative estimate of drug-likeness (QED) is 0.806. The number of carbonyl (C=O) groups excluding carboxylic acids is 2. The first kappa shape index (κ1) is 16.7. The zero-order chi connectivity index (χ0) is 17.3. The summed E-state index contributed by atoms with van der Waals surface area (Å²) in [6.45, 7) is 5.68. The summed E-state index contributed by atoms with van der Waals surface area (Å²) in [6, 6.07) is 7.71. The molecule has 2 aliphatic heterocycles. The van der Waals surface area contributed by atoms with E-state index in [2.05, 4.69) is 4.90 Å². The lowest BCUT2D eigenvalue weighted by Gasteiger charge is -2.36. The number of rotatable bonds is 4. The summed E-state index contributed by atoms with van der Waals surface area (Å²) >= 11 is 0. The molecule has 0 aliphatic carbocycles. The Morgan fingerprint density at radius 1 is 1.00 bits per heavy atom. The average molecular weight is 329 g/mol. The number of nitrogens with zero attached hydrogens (tertiary/aromatic N) is 3. The standard InChI is InChI=1S/C18H23N3O3/c1-13-3-5-14(6-4-13)15-16(18(24)19(2)17(15)23)21-9-7-20(8-10-21)11-12-22/h3-6,22H,7-12H2,1-2H3. The van der Waals surface area contributed by atoms with Crippen LogP contribution in [0.5, 0.6) is 0 Å². The van der Waals surface area contributed by atoms with E-state index in [1.165, 1.54) is 11.9 Å². The van der Waals surface area contributed by atoms with Crippen LogP contribution in [0, 0.1) is 6.92 Å². The molecule has 0 bridgehead atoms. The molecule has 1 N–H and O–H groups in total. The van der Waals surface area contributed by atoms with E-state index in [0.717, 1.165) is 24.2 Å². The van der Waals surface area contributed by atoms with Crippen LogP contribution in [-0.2, 0) is 9.59 Å². The molecule has 2 aliphatic rings. The minimum atomic E-state index is -0.239. The Morgan fingerprint density at radius 2 is 1.62 bits per heavy atom. The van der Waals surface area contributed by atoms with Gasteiger partial charge in [-0.3, -0.25) is 19.4 Å². The fourth-order valence-corrected chi connectivity index (χ4v) is 3.24. The van der Waals surface area contributed by atoms with Crippen LogP contribution in [-0.4, -0.2) is 78.0 Å². The molecule has 0 unspecified atom stereocenters. The van der Waals surface area contributed by atoms with Crippen LogP contribution in [0.15, 0.2) is 30.0 Å². The molecule has 1 fully saturated rings. The molecule has 0 atom stereocenters. The normalized spacial score (nSPS) is 19.6. The van der Waals surface area contributed by atoms with Crippen LogP contribution in [0.25, 0.3) is 5.57 Å². The molecule has 1 aromatic carbocycles. The molecule has 6 heteroatoms. The number of aliphatic hydroxyl groups excluding tert-OH is 1. The molecular formula is C18H23N3O3. The third kappa shape index (κ3) is 2.95. The third-order valence-corrected chi connectivity index (χ3v) is 4.71. The lowest BCUT2D eigenvalue weighted by Crippen LogP contribution is -2.48. The highest BCUT2D eigenvalue weighted by molar-refractivity contribution is 6.35. The third-order valence-electron chi connectivity index (χ3n) is 4.71. The fraction of sp³-hybridized carbons (Fsp3) is 0.444. The van der Waals surface area contributed by atoms with Crippen LogP contribution in [0.2, 0.25) is 0 Å². The molecule has 3 rings (SSSR count). The molecular weight excluding hydrogens is 306 g/mol. The first-order chi connectivity index (χ1) is 11.5. The number of amides is 2. The Bertz CT molecular complexity index is 673. The van der Waals surface area contributed by atoms with Crippen molar-refractivity contribution in [2.45, 2.75) is 6.92 Å². The van der Waals surface area contributed by atoms with E-state index in [1.54, 1.807) is 0 Å². The fourth-order valence-electron chi connectivity index (χ4n) is 3.24. The number of hydrogen-bond donors (Lipinski definition) is 1. The highest BCUT2D eigenvalue weighted by Gasteiger charge is 2.40. The first-order valence-corrected chi connectivity index (χ1v) is 8.25. The van der Waals surface area contributed by atoms with Gasteiger partial charge in [0.2, 0.25) is 0 Å². The van der Waals surface area contributed by atoms with Crippen LogP contribution in [0.3, 0.4) is 0 Å². The molecule has 1 aromatic rings. The van der Waals surface area contributed by atoms with Gasteiger partial charge in [0.1, 0.15) is 5.70 Å². The van der Waals surface area contributed by atoms with E-state index in [-0.39, 0.29) is 18.4 Å². The number of hydrogen-bond acceptors (Lipinski definition) is 5. The van der Waals surface area contributed by atoms with Crippen molar-refractivity contribution in [1.29, 1.82) is 0 Å². The Kier molecular flexibility index (Phi) is 4.69. The van der Waals surface area contributed by atoms with E-state index in [4.69, 9.17) is 5.11 Å². The van der Waals surface area contributed by atoms with Gasteiger partial charge < -0.3 is 10.0 Å². The summed E-state index contributed by atoms with van der Waals surface area (Å²) in [4.78, 5) is 30.6. The van der Waals surface area contributed by atoms with Gasteiger partial charge in [0.05, 0.1) is 12.2 Å². The van der Waals surface area contributed by atoms with Crippen molar-refractivity contribution in [2.24, 2.45) is 0 Å². The zero-order valence-electron chi connectivity index (χ0n) is 14.2. The topological polar surface area (TPSA) is 64.1 Å². The number of piperazine rings is 1. The van der Waals surface area contributed by atoms with Gasteiger partial charge in [0.25, 0.3) is 11.8 Å². The van der Waals surface area contributed by atoms with E-state index in [0.29, 0.717) is 30.9 Å². The summed E-state index contributed by atoms with van der Waals surface area (Å²) in [7, 11) is 1.54. The summed E-state index contributed by atoms with van der Waals surface area (Å²) in [5.74, 6) is -0.470. The Morgan fingerprint density at radius 3 is 2.21 bits per heavy atom. The Labute approximate surface area is 142 Å². The molecule has 0 aromatic heterocycles. The molecule has 0 saturated carbocycles. The van der Waals surface area contributed by atoms with Gasteiger partial charge in [-0.1, -0.05) is 29.8 Å². The maximum absolute atomic E-state index is 12.6. The van der Waals surface area contributed by atoms with Gasteiger partial charge in [-0.25, -0.2) is 0 Å². The average Bonchev–Trinajstić information content (AvgIpc) is 2.81. The molecule has 0 radical (unpaired) electrons. The smallest absolute Gasteiger partial charge is 0.277 e. The Hall–Kier alpha value is -2.18. The van der Waals surface area contributed by atoms with Gasteiger partial charge in [0, 0.05) is 39.8 Å². The lowest BCUT2D eigenvalue weighted by molar-refractivity contribution is -0.136. The van der Waals surface area contributed by atoms with Crippen molar-refractivity contribution < 1.29 is 14.7 Å². The minimum absolute atomic E-state index is 0.136. The van der Waals surface area contributed by atoms with Crippen LogP contribution < -0.4 is 0 Å². The van der Waals surface area contributed by atoms with Crippen LogP contribution in [0.1, 0.15) is 11.1 Å². The van der Waals surface area contributed by atoms with Gasteiger partial charge in [-0.15, -0.1) is 0 Å². The second-order valence-corrected chi connectivity index (χ2v) is 6.31. The molecule has 0 spiro atoms. The van der Waals surface area contributed by atoms with Crippen molar-refractivity contribution in [3.8, 4) is 0 Å². The van der Waals surface area contributed by atoms with Gasteiger partial charge in [-0.2, -0.15) is 0 Å². The molecule has 128 valence electrons. The number of β-amino-alcohol motifs (C(OH)–C–C–N with tert-alkyl or cyclic N) is 1. The molecule has 6 nitrogen and oxygen atoms in total. The van der Waals surface area contributed by atoms with Gasteiger partial charge >= 0.3 is 0 Å². The Balaban J connectivity index is 1.93. The predicted molar refractivity (Wildman–Crippen MR) is 91.0 cm³/mol. The number of carbonyl (C=O) groups is 2. The van der Waals surface area contributed by atoms with Crippen molar-refractivity contribution in [3.63, 3.8) is 0 Å². The van der Waals surface area contributed by atoms with E-state index >= 15 is 0 Å². The first-order valence-electron chi connectivity index (χ1n) is 8.25. The van der Waals surface area contributed by atoms with Crippen molar-refractivity contribution in [2.75, 3.05) is 46.4 Å². The van der Waals surface area contributed by atoms with Crippen molar-refractivity contribution in [3.05, 3.63) is 41.1 Å². The summed E-state index contributed by atoms with van der Waals surface area (Å²) < 4.78 is 0. The molecule has 24 heavy (non-hydrogen) atoms. The van der Waals surface area contributed by atoms with Crippen molar-refractivity contribution in [1.82, 2.24) is 14.7 Å². The molecule has 2 amide bonds. The van der Waals surface area contributed by atoms with Crippen molar-refractivity contribution >= 4 is 17.4 Å². The highest BCUT2D eigenvalue weighted by atomic mass is 16.3. The van der Waals surface area contributed by atoms with E-state index in [9.17, 15) is 9.59 Å². The van der Waals surface area contributed by atoms with Crippen LogP contribution in [0.4, 0.5) is 0 Å². The predicted octanol–water partition coefficient (Wildman–Crippen LogP) is 0.315. The van der Waals surface area contributed by atoms with Gasteiger partial charge in [0.15, 0.2) is 0 Å². The summed E-state index contributed by atoms with van der Waals surface area (Å²) in [5, 5.41) is 9.05. The van der Waals surface area contributed by atoms with Crippen LogP contribution >= 0.6 is 0 Å². The second-order valence-electron chi connectivity index (χ2n) is 6.31. The minimum Gasteiger partial charge on any atom is -0.395 e. The summed E-state index contributed by atoms with van der Waals surface area (Å²) in [5.41, 5.74) is 2.91. The molecule has 2 heterocycles. The van der Waals surface area contributed by atoms with E-state index < -0.39 is 0 Å². The second kappa shape index (κ2) is 6.75. The number of likely N-dealkylation sites (N-methyl/N-ethyl adjacent to an activating group) is 1. The number of aryl methyl sites for hydroxylation is 1. The number of aliphatic hydroxyl groups is 1. The number of benzene rings is 1. The maximum atomic E-state index is 12.6. The zero-order valence-corrected chi connectivity index (χ0v) is 14.2. The van der Waals surface area contributed by atoms with Gasteiger partial charge in [-0.05, 0) is 12.5 Å².